The van der Waals surface area contributed by atoms with Crippen LogP contribution in [0.2, 0.25) is 0 Å². The molecule has 1 atom stereocenters. The van der Waals surface area contributed by atoms with Crippen molar-refractivity contribution in [3.8, 4) is 0 Å². The van der Waals surface area contributed by atoms with E-state index in [9.17, 15) is 8.42 Å². The van der Waals surface area contributed by atoms with Crippen molar-refractivity contribution in [3.63, 3.8) is 0 Å². The molecule has 2 aromatic rings. The van der Waals surface area contributed by atoms with Gasteiger partial charge in [-0.1, -0.05) is 18.2 Å². The van der Waals surface area contributed by atoms with Gasteiger partial charge in [-0.05, 0) is 37.8 Å². The molecule has 24 heavy (non-hydrogen) atoms. The minimum absolute atomic E-state index is 0.187. The Morgan fingerprint density at radius 3 is 2.92 bits per heavy atom. The number of para-hydroxylation sites is 1. The lowest BCUT2D eigenvalue weighted by atomic mass is 10.0. The van der Waals surface area contributed by atoms with E-state index in [1.54, 1.807) is 0 Å². The van der Waals surface area contributed by atoms with Gasteiger partial charge in [0.2, 0.25) is 0 Å². The highest BCUT2D eigenvalue weighted by Crippen LogP contribution is 2.33. The van der Waals surface area contributed by atoms with Crippen LogP contribution in [0.25, 0.3) is 0 Å². The summed E-state index contributed by atoms with van der Waals surface area (Å²) < 4.78 is 25.5. The van der Waals surface area contributed by atoms with Crippen LogP contribution in [0.4, 0.5) is 5.69 Å². The molecule has 1 fully saturated rings. The summed E-state index contributed by atoms with van der Waals surface area (Å²) in [6, 6.07) is 6.48. The molecule has 2 aliphatic heterocycles. The van der Waals surface area contributed by atoms with E-state index in [-0.39, 0.29) is 11.5 Å². The highest BCUT2D eigenvalue weighted by molar-refractivity contribution is 7.91. The Bertz CT molecular complexity index is 887. The zero-order valence-electron chi connectivity index (χ0n) is 14.2. The average molecular weight is 345 g/mol. The Kier molecular flexibility index (Phi) is 3.49. The van der Waals surface area contributed by atoms with Gasteiger partial charge in [-0.3, -0.25) is 4.68 Å². The van der Waals surface area contributed by atoms with Gasteiger partial charge in [-0.15, -0.1) is 0 Å². The Morgan fingerprint density at radius 1 is 1.33 bits per heavy atom. The second-order valence-electron chi connectivity index (χ2n) is 7.39. The fourth-order valence-electron chi connectivity index (χ4n) is 4.03. The van der Waals surface area contributed by atoms with E-state index in [0.29, 0.717) is 6.42 Å². The predicted molar refractivity (Wildman–Crippen MR) is 95.1 cm³/mol. The van der Waals surface area contributed by atoms with Crippen molar-refractivity contribution in [3.05, 3.63) is 47.3 Å². The Morgan fingerprint density at radius 2 is 2.17 bits per heavy atom. The number of sulfone groups is 1. The summed E-state index contributed by atoms with van der Waals surface area (Å²) in [4.78, 5) is 2.40. The average Bonchev–Trinajstić information content (AvgIpc) is 3.20. The van der Waals surface area contributed by atoms with Crippen LogP contribution in [-0.2, 0) is 28.3 Å². The van der Waals surface area contributed by atoms with E-state index in [4.69, 9.17) is 0 Å². The van der Waals surface area contributed by atoms with E-state index >= 15 is 0 Å². The molecule has 2 aliphatic rings. The number of nitrogens with zero attached hydrogens (tertiary/aromatic N) is 3. The van der Waals surface area contributed by atoms with Gasteiger partial charge in [0, 0.05) is 30.5 Å². The van der Waals surface area contributed by atoms with Crippen molar-refractivity contribution in [1.82, 2.24) is 9.78 Å². The molecular weight excluding hydrogens is 322 g/mol. The fraction of sp³-hybridized carbons (Fsp3) is 0.500. The largest absolute Gasteiger partial charge is 0.366 e. The SMILES string of the molecule is Cc1cccc2c1N(Cc1cnn(C3(C)CCS(=O)(=O)C3)c1)CC2. The fourth-order valence-corrected chi connectivity index (χ4v) is 6.15. The zero-order chi connectivity index (χ0) is 16.9. The summed E-state index contributed by atoms with van der Waals surface area (Å²) in [6.45, 7) is 5.99. The topological polar surface area (TPSA) is 55.2 Å². The molecule has 0 N–H and O–H groups in total. The number of aryl methyl sites for hydroxylation is 1. The van der Waals surface area contributed by atoms with Crippen LogP contribution in [0.1, 0.15) is 30.0 Å². The maximum Gasteiger partial charge on any atom is 0.152 e. The summed E-state index contributed by atoms with van der Waals surface area (Å²) in [5.41, 5.74) is 4.80. The summed E-state index contributed by atoms with van der Waals surface area (Å²) in [5, 5.41) is 4.48. The Labute approximate surface area is 143 Å². The monoisotopic (exact) mass is 345 g/mol. The van der Waals surface area contributed by atoms with Crippen LogP contribution >= 0.6 is 0 Å². The van der Waals surface area contributed by atoms with Crippen LogP contribution < -0.4 is 4.90 Å². The van der Waals surface area contributed by atoms with Gasteiger partial charge in [0.05, 0.1) is 23.2 Å². The number of fused-ring (bicyclic) bond motifs is 1. The van der Waals surface area contributed by atoms with Gasteiger partial charge in [0.1, 0.15) is 0 Å². The quantitative estimate of drug-likeness (QED) is 0.856. The highest BCUT2D eigenvalue weighted by Gasteiger charge is 2.40. The third kappa shape index (κ3) is 2.62. The number of rotatable bonds is 3. The third-order valence-corrected chi connectivity index (χ3v) is 7.22. The number of benzene rings is 1. The molecule has 0 saturated carbocycles. The number of aromatic nitrogens is 2. The summed E-state index contributed by atoms with van der Waals surface area (Å²) in [7, 11) is -2.93. The summed E-state index contributed by atoms with van der Waals surface area (Å²) in [6.07, 6.45) is 5.63. The Balaban J connectivity index is 1.56. The molecule has 1 aromatic carbocycles. The van der Waals surface area contributed by atoms with Crippen LogP contribution in [-0.4, -0.2) is 36.2 Å². The van der Waals surface area contributed by atoms with Crippen LogP contribution in [0.15, 0.2) is 30.6 Å². The van der Waals surface area contributed by atoms with Gasteiger partial charge >= 0.3 is 0 Å². The smallest absolute Gasteiger partial charge is 0.152 e. The molecule has 0 bridgehead atoms. The van der Waals surface area contributed by atoms with Gasteiger partial charge in [0.15, 0.2) is 9.84 Å². The number of hydrogen-bond donors (Lipinski definition) is 0. The molecule has 3 heterocycles. The van der Waals surface area contributed by atoms with Crippen molar-refractivity contribution in [2.75, 3.05) is 23.0 Å². The highest BCUT2D eigenvalue weighted by atomic mass is 32.2. The van der Waals surface area contributed by atoms with Gasteiger partial charge in [-0.25, -0.2) is 8.42 Å². The molecule has 0 aliphatic carbocycles. The van der Waals surface area contributed by atoms with Crippen LogP contribution in [0.5, 0.6) is 0 Å². The summed E-state index contributed by atoms with van der Waals surface area (Å²) >= 11 is 0. The maximum absolute atomic E-state index is 11.8. The molecule has 1 saturated heterocycles. The lowest BCUT2D eigenvalue weighted by molar-refractivity contribution is 0.328. The number of anilines is 1. The Hall–Kier alpha value is -1.82. The molecule has 5 nitrogen and oxygen atoms in total. The van der Waals surface area contributed by atoms with E-state index in [1.807, 2.05) is 24.0 Å². The van der Waals surface area contributed by atoms with E-state index in [1.165, 1.54) is 16.8 Å². The van der Waals surface area contributed by atoms with E-state index in [0.717, 1.165) is 25.1 Å². The molecular formula is C18H23N3O2S. The van der Waals surface area contributed by atoms with Crippen molar-refractivity contribution >= 4 is 15.5 Å². The van der Waals surface area contributed by atoms with Crippen molar-refractivity contribution in [2.24, 2.45) is 0 Å². The van der Waals surface area contributed by atoms with Gasteiger partial charge < -0.3 is 4.90 Å². The molecule has 4 rings (SSSR count). The molecule has 1 unspecified atom stereocenters. The normalized spacial score (nSPS) is 25.2. The van der Waals surface area contributed by atoms with Gasteiger partial charge in [-0.2, -0.15) is 5.10 Å². The molecule has 0 amide bonds. The summed E-state index contributed by atoms with van der Waals surface area (Å²) in [5.74, 6) is 0.449. The van der Waals surface area contributed by atoms with Crippen LogP contribution in [0.3, 0.4) is 0 Å². The zero-order valence-corrected chi connectivity index (χ0v) is 15.0. The van der Waals surface area contributed by atoms with Crippen LogP contribution in [0, 0.1) is 6.92 Å². The van der Waals surface area contributed by atoms with Gasteiger partial charge in [0.25, 0.3) is 0 Å². The standard InChI is InChI=1S/C18H23N3O2S/c1-14-4-3-5-16-6-8-20(17(14)16)11-15-10-19-21(12-15)18(2)7-9-24(22,23)13-18/h3-5,10,12H,6-9,11,13H2,1-2H3. The molecule has 1 aromatic heterocycles. The maximum atomic E-state index is 11.8. The molecule has 0 radical (unpaired) electrons. The third-order valence-electron chi connectivity index (χ3n) is 5.33. The molecule has 0 spiro atoms. The minimum Gasteiger partial charge on any atom is -0.366 e. The number of hydrogen-bond acceptors (Lipinski definition) is 4. The lowest BCUT2D eigenvalue weighted by Gasteiger charge is -2.23. The van der Waals surface area contributed by atoms with E-state index < -0.39 is 15.4 Å². The van der Waals surface area contributed by atoms with Crippen molar-refractivity contribution in [1.29, 1.82) is 0 Å². The lowest BCUT2D eigenvalue weighted by Crippen LogP contribution is -2.31. The minimum atomic E-state index is -2.93. The second-order valence-corrected chi connectivity index (χ2v) is 9.57. The first-order valence-electron chi connectivity index (χ1n) is 8.44. The first kappa shape index (κ1) is 15.7. The predicted octanol–water partition coefficient (Wildman–Crippen LogP) is 2.29. The van der Waals surface area contributed by atoms with E-state index in [2.05, 4.69) is 35.1 Å². The first-order valence-corrected chi connectivity index (χ1v) is 10.3. The first-order chi connectivity index (χ1) is 11.4. The molecule has 128 valence electrons. The van der Waals surface area contributed by atoms with Crippen molar-refractivity contribution < 1.29 is 8.42 Å². The molecule has 6 heteroatoms. The second kappa shape index (κ2) is 5.34. The van der Waals surface area contributed by atoms with Crippen molar-refractivity contribution in [2.45, 2.75) is 38.8 Å².